The molecule has 8 nitrogen and oxygen atoms in total. The van der Waals surface area contributed by atoms with E-state index in [0.717, 1.165) is 22.4 Å². The van der Waals surface area contributed by atoms with Gasteiger partial charge >= 0.3 is 5.97 Å². The van der Waals surface area contributed by atoms with Crippen LogP contribution in [0.1, 0.15) is 57.0 Å². The number of aromatic nitrogens is 1. The number of carbonyl (C=O) groups excluding carboxylic acids is 2. The molecule has 1 atom stereocenters. The summed E-state index contributed by atoms with van der Waals surface area (Å²) in [6.07, 6.45) is 0. The standard InChI is InChI=1S/C26H31N3O5S/c1-16-6-9-22(12-17(16)2)19(4)28-25(30)15-34-26(31)24-13-18(3)29(20(24)5)14-21-7-10-23(11-8-21)35(27,32)33/h6-13,19H,14-15H2,1-5H3,(H,28,30)(H2,27,32,33). The number of benzene rings is 2. The van der Waals surface area contributed by atoms with Crippen LogP contribution in [0.15, 0.2) is 53.4 Å². The molecule has 2 aromatic carbocycles. The van der Waals surface area contributed by atoms with Crippen LogP contribution in [0.5, 0.6) is 0 Å². The van der Waals surface area contributed by atoms with Gasteiger partial charge in [0.2, 0.25) is 10.0 Å². The maximum absolute atomic E-state index is 12.7. The minimum Gasteiger partial charge on any atom is -0.452 e. The van der Waals surface area contributed by atoms with Crippen LogP contribution in [0.4, 0.5) is 0 Å². The van der Waals surface area contributed by atoms with Crippen molar-refractivity contribution < 1.29 is 22.7 Å². The van der Waals surface area contributed by atoms with E-state index in [1.807, 2.05) is 50.5 Å². The summed E-state index contributed by atoms with van der Waals surface area (Å²) < 4.78 is 30.1. The molecule has 1 unspecified atom stereocenters. The Kier molecular flexibility index (Phi) is 7.82. The van der Waals surface area contributed by atoms with Crippen molar-refractivity contribution in [2.75, 3.05) is 6.61 Å². The van der Waals surface area contributed by atoms with Crippen LogP contribution in [-0.2, 0) is 26.1 Å². The number of carbonyl (C=O) groups is 2. The predicted molar refractivity (Wildman–Crippen MR) is 134 cm³/mol. The Morgan fingerprint density at radius 1 is 1.00 bits per heavy atom. The van der Waals surface area contributed by atoms with Crippen molar-refractivity contribution >= 4 is 21.9 Å². The third-order valence-corrected chi connectivity index (χ3v) is 7.06. The van der Waals surface area contributed by atoms with Crippen molar-refractivity contribution in [3.8, 4) is 0 Å². The fourth-order valence-corrected chi connectivity index (χ4v) is 4.34. The topological polar surface area (TPSA) is 120 Å². The number of hydrogen-bond acceptors (Lipinski definition) is 5. The lowest BCUT2D eigenvalue weighted by atomic mass is 10.0. The van der Waals surface area contributed by atoms with Crippen LogP contribution < -0.4 is 10.5 Å². The van der Waals surface area contributed by atoms with E-state index < -0.39 is 16.0 Å². The number of sulfonamides is 1. The van der Waals surface area contributed by atoms with Crippen molar-refractivity contribution in [3.05, 3.63) is 87.7 Å². The number of ether oxygens (including phenoxy) is 1. The largest absolute Gasteiger partial charge is 0.452 e. The molecule has 3 aromatic rings. The van der Waals surface area contributed by atoms with Gasteiger partial charge in [-0.2, -0.15) is 0 Å². The van der Waals surface area contributed by atoms with Gasteiger partial charge in [-0.3, -0.25) is 4.79 Å². The lowest BCUT2D eigenvalue weighted by Gasteiger charge is -2.16. The predicted octanol–water partition coefficient (Wildman–Crippen LogP) is 3.45. The second-order valence-corrected chi connectivity index (χ2v) is 10.3. The lowest BCUT2D eigenvalue weighted by Crippen LogP contribution is -2.31. The number of nitrogens with two attached hydrogens (primary N) is 1. The smallest absolute Gasteiger partial charge is 0.340 e. The molecule has 3 rings (SSSR count). The monoisotopic (exact) mass is 497 g/mol. The van der Waals surface area contributed by atoms with E-state index in [0.29, 0.717) is 17.8 Å². The van der Waals surface area contributed by atoms with Gasteiger partial charge in [0.15, 0.2) is 6.61 Å². The van der Waals surface area contributed by atoms with Gasteiger partial charge in [0, 0.05) is 17.9 Å². The van der Waals surface area contributed by atoms with Gasteiger partial charge in [-0.15, -0.1) is 0 Å². The second kappa shape index (κ2) is 10.5. The van der Waals surface area contributed by atoms with E-state index in [2.05, 4.69) is 5.32 Å². The summed E-state index contributed by atoms with van der Waals surface area (Å²) in [7, 11) is -3.76. The Bertz CT molecular complexity index is 1360. The molecule has 0 fully saturated rings. The molecule has 0 saturated heterocycles. The Hall–Kier alpha value is -3.43. The van der Waals surface area contributed by atoms with Gasteiger partial charge in [0.1, 0.15) is 0 Å². The fourth-order valence-electron chi connectivity index (χ4n) is 3.83. The van der Waals surface area contributed by atoms with E-state index in [9.17, 15) is 18.0 Å². The van der Waals surface area contributed by atoms with Crippen molar-refractivity contribution in [3.63, 3.8) is 0 Å². The first-order valence-electron chi connectivity index (χ1n) is 11.2. The van der Waals surface area contributed by atoms with Crippen molar-refractivity contribution in [1.82, 2.24) is 9.88 Å². The number of rotatable bonds is 8. The average Bonchev–Trinajstić information content (AvgIpc) is 3.07. The summed E-state index contributed by atoms with van der Waals surface area (Å²) in [6, 6.07) is 13.8. The fraction of sp³-hybridized carbons (Fsp3) is 0.308. The molecular formula is C26H31N3O5S. The Balaban J connectivity index is 1.62. The summed E-state index contributed by atoms with van der Waals surface area (Å²) >= 11 is 0. The first-order chi connectivity index (χ1) is 16.4. The molecule has 0 radical (unpaired) electrons. The number of nitrogens with zero attached hydrogens (tertiary/aromatic N) is 1. The van der Waals surface area contributed by atoms with E-state index in [4.69, 9.17) is 9.88 Å². The quantitative estimate of drug-likeness (QED) is 0.462. The number of aryl methyl sites for hydroxylation is 3. The lowest BCUT2D eigenvalue weighted by molar-refractivity contribution is -0.124. The Morgan fingerprint density at radius 3 is 2.26 bits per heavy atom. The van der Waals surface area contributed by atoms with Gasteiger partial charge in [-0.05, 0) is 75.1 Å². The maximum atomic E-state index is 12.7. The SMILES string of the molecule is Cc1ccc(C(C)NC(=O)COC(=O)c2cc(C)n(Cc3ccc(S(N)(=O)=O)cc3)c2C)cc1C. The highest BCUT2D eigenvalue weighted by Crippen LogP contribution is 2.20. The molecule has 3 N–H and O–H groups in total. The Morgan fingerprint density at radius 2 is 1.66 bits per heavy atom. The van der Waals surface area contributed by atoms with Crippen LogP contribution in [0.2, 0.25) is 0 Å². The average molecular weight is 498 g/mol. The summed E-state index contributed by atoms with van der Waals surface area (Å²) in [5.41, 5.74) is 6.04. The molecule has 0 aliphatic heterocycles. The molecule has 1 aromatic heterocycles. The maximum Gasteiger partial charge on any atom is 0.340 e. The molecule has 0 aliphatic carbocycles. The zero-order chi connectivity index (χ0) is 25.9. The van der Waals surface area contributed by atoms with Crippen LogP contribution in [0.3, 0.4) is 0 Å². The third-order valence-electron chi connectivity index (χ3n) is 6.13. The molecule has 186 valence electrons. The molecule has 0 aliphatic rings. The highest BCUT2D eigenvalue weighted by Gasteiger charge is 2.19. The third kappa shape index (κ3) is 6.37. The van der Waals surface area contributed by atoms with Gasteiger partial charge < -0.3 is 14.6 Å². The highest BCUT2D eigenvalue weighted by atomic mass is 32.2. The molecule has 0 bridgehead atoms. The van der Waals surface area contributed by atoms with E-state index in [1.165, 1.54) is 17.7 Å². The molecule has 9 heteroatoms. The number of nitrogens with one attached hydrogen (secondary N) is 1. The van der Waals surface area contributed by atoms with E-state index >= 15 is 0 Å². The zero-order valence-electron chi connectivity index (χ0n) is 20.6. The van der Waals surface area contributed by atoms with Crippen molar-refractivity contribution in [2.45, 2.75) is 52.1 Å². The number of primary sulfonamides is 1. The number of esters is 1. The molecule has 1 amide bonds. The molecule has 0 saturated carbocycles. The van der Waals surface area contributed by atoms with Crippen LogP contribution >= 0.6 is 0 Å². The van der Waals surface area contributed by atoms with Gasteiger partial charge in [-0.1, -0.05) is 30.3 Å². The van der Waals surface area contributed by atoms with E-state index in [1.54, 1.807) is 25.1 Å². The molecular weight excluding hydrogens is 466 g/mol. The van der Waals surface area contributed by atoms with Gasteiger partial charge in [0.05, 0.1) is 16.5 Å². The highest BCUT2D eigenvalue weighted by molar-refractivity contribution is 7.89. The van der Waals surface area contributed by atoms with Crippen LogP contribution in [-0.4, -0.2) is 31.5 Å². The second-order valence-electron chi connectivity index (χ2n) is 8.77. The summed E-state index contributed by atoms with van der Waals surface area (Å²) in [5, 5.41) is 8.00. The first kappa shape index (κ1) is 26.2. The van der Waals surface area contributed by atoms with Crippen molar-refractivity contribution in [2.24, 2.45) is 5.14 Å². The summed E-state index contributed by atoms with van der Waals surface area (Å²) in [4.78, 5) is 25.1. The van der Waals surface area contributed by atoms with E-state index in [-0.39, 0.29) is 23.5 Å². The normalized spacial score (nSPS) is 12.3. The zero-order valence-corrected chi connectivity index (χ0v) is 21.4. The Labute approximate surface area is 206 Å². The minimum absolute atomic E-state index is 0.0385. The van der Waals surface area contributed by atoms with Gasteiger partial charge in [0.25, 0.3) is 5.91 Å². The molecule has 0 spiro atoms. The summed E-state index contributed by atoms with van der Waals surface area (Å²) in [5.74, 6) is -0.962. The number of hydrogen-bond donors (Lipinski definition) is 2. The van der Waals surface area contributed by atoms with Gasteiger partial charge in [-0.25, -0.2) is 18.4 Å². The van der Waals surface area contributed by atoms with Crippen LogP contribution in [0, 0.1) is 27.7 Å². The van der Waals surface area contributed by atoms with Crippen molar-refractivity contribution in [1.29, 1.82) is 0 Å². The summed E-state index contributed by atoms with van der Waals surface area (Å²) in [6.45, 7) is 9.64. The first-order valence-corrected chi connectivity index (χ1v) is 12.7. The minimum atomic E-state index is -3.76. The molecule has 35 heavy (non-hydrogen) atoms. The number of amides is 1. The van der Waals surface area contributed by atoms with Crippen LogP contribution in [0.25, 0.3) is 0 Å². The molecule has 1 heterocycles.